The molecule has 1 aliphatic rings. The Kier molecular flexibility index (Phi) is 9.11. The molecule has 0 saturated carbocycles. The second-order valence-electron chi connectivity index (χ2n) is 8.31. The van der Waals surface area contributed by atoms with Gasteiger partial charge in [0.1, 0.15) is 19.0 Å². The van der Waals surface area contributed by atoms with Gasteiger partial charge in [-0.15, -0.1) is 0 Å². The number of ether oxygens (including phenoxy) is 2. The van der Waals surface area contributed by atoms with E-state index in [1.807, 2.05) is 48.3 Å². The highest BCUT2D eigenvalue weighted by Crippen LogP contribution is 2.22. The van der Waals surface area contributed by atoms with Gasteiger partial charge in [0, 0.05) is 27.2 Å². The van der Waals surface area contributed by atoms with Crippen molar-refractivity contribution in [3.63, 3.8) is 0 Å². The lowest BCUT2D eigenvalue weighted by molar-refractivity contribution is -0.138. The lowest BCUT2D eigenvalue weighted by Gasteiger charge is -2.32. The van der Waals surface area contributed by atoms with E-state index in [-0.39, 0.29) is 24.5 Å². The number of nitrogens with zero attached hydrogens (tertiary/aromatic N) is 2. The first kappa shape index (κ1) is 23.8. The Bertz CT molecular complexity index is 871. The molecule has 6 nitrogen and oxygen atoms in total. The molecule has 6 heteroatoms. The van der Waals surface area contributed by atoms with E-state index in [9.17, 15) is 9.59 Å². The first-order valence-electron chi connectivity index (χ1n) is 11.4. The highest BCUT2D eigenvalue weighted by atomic mass is 16.5. The number of fused-ring (bicyclic) bond motifs is 1. The van der Waals surface area contributed by atoms with Crippen LogP contribution < -0.4 is 4.74 Å². The zero-order valence-corrected chi connectivity index (χ0v) is 19.2. The Labute approximate surface area is 191 Å². The first-order valence-corrected chi connectivity index (χ1v) is 11.4. The van der Waals surface area contributed by atoms with Crippen LogP contribution in [0.3, 0.4) is 0 Å². The van der Waals surface area contributed by atoms with Gasteiger partial charge in [0.05, 0.1) is 11.6 Å². The second kappa shape index (κ2) is 12.2. The molecule has 172 valence electrons. The summed E-state index contributed by atoms with van der Waals surface area (Å²) in [5.74, 6) is 0.483. The van der Waals surface area contributed by atoms with Gasteiger partial charge >= 0.3 is 0 Å². The van der Waals surface area contributed by atoms with Crippen LogP contribution in [0.25, 0.3) is 0 Å². The number of carbonyl (C=O) groups is 2. The molecule has 0 N–H and O–H groups in total. The zero-order chi connectivity index (χ0) is 22.8. The maximum absolute atomic E-state index is 13.0. The maximum Gasteiger partial charge on any atom is 0.257 e. The fourth-order valence-electron chi connectivity index (χ4n) is 4.11. The molecule has 1 atom stereocenters. The van der Waals surface area contributed by atoms with Crippen LogP contribution in [0.5, 0.6) is 5.75 Å². The Morgan fingerprint density at radius 3 is 2.44 bits per heavy atom. The summed E-state index contributed by atoms with van der Waals surface area (Å²) in [6, 6.07) is 17.3. The lowest BCUT2D eigenvalue weighted by atomic mass is 10.0. The van der Waals surface area contributed by atoms with Crippen molar-refractivity contribution >= 4 is 11.8 Å². The molecule has 0 unspecified atom stereocenters. The Morgan fingerprint density at radius 1 is 1.00 bits per heavy atom. The monoisotopic (exact) mass is 438 g/mol. The van der Waals surface area contributed by atoms with Gasteiger partial charge in [-0.2, -0.15) is 0 Å². The van der Waals surface area contributed by atoms with E-state index < -0.39 is 0 Å². The van der Waals surface area contributed by atoms with Crippen molar-refractivity contribution in [1.29, 1.82) is 0 Å². The molecular weight excluding hydrogens is 404 g/mol. The average molecular weight is 439 g/mol. The molecule has 32 heavy (non-hydrogen) atoms. The van der Waals surface area contributed by atoms with Crippen molar-refractivity contribution in [3.05, 3.63) is 65.7 Å². The Hall–Kier alpha value is -2.86. The predicted octanol–water partition coefficient (Wildman–Crippen LogP) is 3.80. The molecule has 3 rings (SSSR count). The van der Waals surface area contributed by atoms with Crippen LogP contribution in [-0.2, 0) is 16.0 Å². The summed E-state index contributed by atoms with van der Waals surface area (Å²) in [5.41, 5.74) is 1.70. The van der Waals surface area contributed by atoms with Gasteiger partial charge in [0.25, 0.3) is 5.91 Å². The largest absolute Gasteiger partial charge is 0.491 e. The zero-order valence-electron chi connectivity index (χ0n) is 19.2. The quantitative estimate of drug-likeness (QED) is 0.729. The van der Waals surface area contributed by atoms with Gasteiger partial charge < -0.3 is 19.3 Å². The predicted molar refractivity (Wildman–Crippen MR) is 125 cm³/mol. The molecule has 0 spiro atoms. The second-order valence-corrected chi connectivity index (χ2v) is 8.31. The smallest absolute Gasteiger partial charge is 0.257 e. The van der Waals surface area contributed by atoms with Crippen LogP contribution in [0.15, 0.2) is 54.6 Å². The van der Waals surface area contributed by atoms with Crippen LogP contribution >= 0.6 is 0 Å². The summed E-state index contributed by atoms with van der Waals surface area (Å²) in [6.45, 7) is 1.72. The first-order chi connectivity index (χ1) is 15.6. The van der Waals surface area contributed by atoms with E-state index in [2.05, 4.69) is 12.1 Å². The van der Waals surface area contributed by atoms with Gasteiger partial charge in [-0.3, -0.25) is 9.59 Å². The highest BCUT2D eigenvalue weighted by Gasteiger charge is 2.26. The van der Waals surface area contributed by atoms with Crippen molar-refractivity contribution < 1.29 is 19.1 Å². The molecule has 0 aliphatic carbocycles. The number of carbonyl (C=O) groups excluding carboxylic acids is 2. The van der Waals surface area contributed by atoms with Gasteiger partial charge in [0.2, 0.25) is 5.91 Å². The minimum atomic E-state index is -0.163. The molecular formula is C26H34N2O4. The molecule has 2 aromatic rings. The van der Waals surface area contributed by atoms with Crippen molar-refractivity contribution in [2.45, 2.75) is 38.1 Å². The Morgan fingerprint density at radius 2 is 1.69 bits per heavy atom. The topological polar surface area (TPSA) is 59.1 Å². The van der Waals surface area contributed by atoms with Gasteiger partial charge in [-0.1, -0.05) is 55.3 Å². The van der Waals surface area contributed by atoms with Crippen molar-refractivity contribution in [1.82, 2.24) is 9.80 Å². The maximum atomic E-state index is 13.0. The molecule has 1 heterocycles. The molecule has 2 amide bonds. The van der Waals surface area contributed by atoms with Crippen LogP contribution in [0.2, 0.25) is 0 Å². The number of hydrogen-bond acceptors (Lipinski definition) is 4. The lowest BCUT2D eigenvalue weighted by Crippen LogP contribution is -2.47. The number of hydrogen-bond donors (Lipinski definition) is 0. The number of methoxy groups -OCH3 is 1. The number of para-hydroxylation sites is 1. The standard InChI is InChI=1S/C26H34N2O4/c1-27-16-10-3-4-11-17-28(25(29)20-31-2)22(18-21-12-6-5-7-13-21)19-32-24-15-9-8-14-23(24)26(27)30/h5-9,12-15,22H,3-4,10-11,16-20H2,1-2H3/t22-/m0/s1. The van der Waals surface area contributed by atoms with Crippen LogP contribution in [0, 0.1) is 0 Å². The summed E-state index contributed by atoms with van der Waals surface area (Å²) in [5, 5.41) is 0. The third-order valence-corrected chi connectivity index (χ3v) is 5.88. The van der Waals surface area contributed by atoms with E-state index in [1.54, 1.807) is 18.1 Å². The normalized spacial score (nSPS) is 18.4. The molecule has 0 saturated heterocycles. The molecule has 0 bridgehead atoms. The van der Waals surface area contributed by atoms with E-state index in [1.165, 1.54) is 0 Å². The van der Waals surface area contributed by atoms with Gasteiger partial charge in [-0.05, 0) is 37.0 Å². The summed E-state index contributed by atoms with van der Waals surface area (Å²) in [4.78, 5) is 29.6. The number of rotatable bonds is 4. The van der Waals surface area contributed by atoms with E-state index in [4.69, 9.17) is 9.47 Å². The minimum Gasteiger partial charge on any atom is -0.491 e. The summed E-state index contributed by atoms with van der Waals surface area (Å²) in [6.07, 6.45) is 4.55. The number of benzene rings is 2. The molecule has 0 aromatic heterocycles. The van der Waals surface area contributed by atoms with E-state index in [0.717, 1.165) is 31.2 Å². The average Bonchev–Trinajstić information content (AvgIpc) is 2.81. The molecule has 0 radical (unpaired) electrons. The summed E-state index contributed by atoms with van der Waals surface area (Å²) in [7, 11) is 3.39. The van der Waals surface area contributed by atoms with Crippen molar-refractivity contribution in [3.8, 4) is 5.75 Å². The number of amides is 2. The molecule has 0 fully saturated rings. The highest BCUT2D eigenvalue weighted by molar-refractivity contribution is 5.96. The fraction of sp³-hybridized carbons (Fsp3) is 0.462. The van der Waals surface area contributed by atoms with Crippen molar-refractivity contribution in [2.75, 3.05) is 40.5 Å². The van der Waals surface area contributed by atoms with Gasteiger partial charge in [0.15, 0.2) is 0 Å². The van der Waals surface area contributed by atoms with Crippen LogP contribution in [-0.4, -0.2) is 68.1 Å². The van der Waals surface area contributed by atoms with Crippen molar-refractivity contribution in [2.24, 2.45) is 0 Å². The SMILES string of the molecule is COCC(=O)N1CCCCCCN(C)C(=O)c2ccccc2OC[C@@H]1Cc1ccccc1. The van der Waals surface area contributed by atoms with Crippen LogP contribution in [0.1, 0.15) is 41.6 Å². The van der Waals surface area contributed by atoms with E-state index >= 15 is 0 Å². The molecule has 1 aliphatic heterocycles. The third-order valence-electron chi connectivity index (χ3n) is 5.88. The van der Waals surface area contributed by atoms with E-state index in [0.29, 0.717) is 37.4 Å². The molecule has 2 aromatic carbocycles. The summed E-state index contributed by atoms with van der Waals surface area (Å²) >= 11 is 0. The fourth-order valence-corrected chi connectivity index (χ4v) is 4.11. The summed E-state index contributed by atoms with van der Waals surface area (Å²) < 4.78 is 11.4. The Balaban J connectivity index is 1.91. The minimum absolute atomic E-state index is 0.0341. The third kappa shape index (κ3) is 6.57. The van der Waals surface area contributed by atoms with Gasteiger partial charge in [-0.25, -0.2) is 0 Å². The van der Waals surface area contributed by atoms with Crippen LogP contribution in [0.4, 0.5) is 0 Å².